The highest BCUT2D eigenvalue weighted by Crippen LogP contribution is 2.49. The summed E-state index contributed by atoms with van der Waals surface area (Å²) in [5.41, 5.74) is 3.89. The fraction of sp³-hybridized carbons (Fsp3) is 0.240. The maximum atomic E-state index is 12.9. The van der Waals surface area contributed by atoms with E-state index in [4.69, 9.17) is 4.74 Å². The molecule has 2 aromatic carbocycles. The van der Waals surface area contributed by atoms with Crippen LogP contribution in [0, 0.1) is 11.3 Å². The number of amides is 1. The molecule has 0 radical (unpaired) electrons. The van der Waals surface area contributed by atoms with E-state index in [2.05, 4.69) is 37.9 Å². The second kappa shape index (κ2) is 9.67. The molecule has 2 aromatic rings. The van der Waals surface area contributed by atoms with Gasteiger partial charge in [-0.3, -0.25) is 4.79 Å². The lowest BCUT2D eigenvalue weighted by molar-refractivity contribution is -0.139. The van der Waals surface area contributed by atoms with E-state index in [9.17, 15) is 14.9 Å². The standard InChI is InChI=1S/C25H24N2O3S/c1-15(2)17-9-7-10-19-22(18-8-5-6-11-21(18)31-23(17)19)20(14-26)24(28)27-12-13-30-25(29)16(3)4/h5-11,15H,3,12-13H2,1-2,4H3,(H,27,28)/b22-20+. The van der Waals surface area contributed by atoms with Crippen LogP contribution in [0.2, 0.25) is 0 Å². The van der Waals surface area contributed by atoms with Gasteiger partial charge in [0.1, 0.15) is 18.2 Å². The smallest absolute Gasteiger partial charge is 0.333 e. The van der Waals surface area contributed by atoms with Gasteiger partial charge in [-0.2, -0.15) is 5.26 Å². The molecule has 0 fully saturated rings. The van der Waals surface area contributed by atoms with Crippen LogP contribution >= 0.6 is 11.8 Å². The third kappa shape index (κ3) is 4.73. The van der Waals surface area contributed by atoms with E-state index >= 15 is 0 Å². The molecule has 1 aliphatic heterocycles. The van der Waals surface area contributed by atoms with Crippen molar-refractivity contribution in [1.82, 2.24) is 5.32 Å². The Kier molecular flexibility index (Phi) is 6.98. The van der Waals surface area contributed by atoms with Gasteiger partial charge in [0.15, 0.2) is 0 Å². The molecule has 5 nitrogen and oxygen atoms in total. The first kappa shape index (κ1) is 22.4. The monoisotopic (exact) mass is 432 g/mol. The molecular weight excluding hydrogens is 408 g/mol. The van der Waals surface area contributed by atoms with E-state index in [0.717, 1.165) is 20.9 Å². The Labute approximate surface area is 186 Å². The first-order chi connectivity index (χ1) is 14.8. The van der Waals surface area contributed by atoms with E-state index in [1.807, 2.05) is 36.4 Å². The fourth-order valence-corrected chi connectivity index (χ4v) is 4.70. The summed E-state index contributed by atoms with van der Waals surface area (Å²) in [6, 6.07) is 15.9. The van der Waals surface area contributed by atoms with E-state index in [-0.39, 0.29) is 18.7 Å². The predicted octanol–water partition coefficient (Wildman–Crippen LogP) is 4.84. The topological polar surface area (TPSA) is 79.2 Å². The maximum Gasteiger partial charge on any atom is 0.333 e. The Morgan fingerprint density at radius 3 is 2.55 bits per heavy atom. The summed E-state index contributed by atoms with van der Waals surface area (Å²) in [4.78, 5) is 26.5. The number of hydrogen-bond donors (Lipinski definition) is 1. The third-order valence-corrected chi connectivity index (χ3v) is 6.10. The van der Waals surface area contributed by atoms with E-state index in [0.29, 0.717) is 17.1 Å². The molecular formula is C25H24N2O3S. The van der Waals surface area contributed by atoms with Gasteiger partial charge in [-0.1, -0.05) is 68.6 Å². The molecule has 0 spiro atoms. The molecule has 1 amide bonds. The highest BCUT2D eigenvalue weighted by atomic mass is 32.2. The average molecular weight is 433 g/mol. The molecule has 1 heterocycles. The molecule has 6 heteroatoms. The minimum Gasteiger partial charge on any atom is -0.460 e. The zero-order valence-electron chi connectivity index (χ0n) is 17.8. The number of esters is 1. The van der Waals surface area contributed by atoms with E-state index < -0.39 is 11.9 Å². The van der Waals surface area contributed by atoms with Gasteiger partial charge in [0.25, 0.3) is 5.91 Å². The van der Waals surface area contributed by atoms with E-state index in [1.165, 1.54) is 5.56 Å². The number of nitrogens with one attached hydrogen (secondary N) is 1. The molecule has 0 unspecified atom stereocenters. The number of carbonyl (C=O) groups excluding carboxylic acids is 2. The van der Waals surface area contributed by atoms with Crippen molar-refractivity contribution in [3.63, 3.8) is 0 Å². The molecule has 0 aliphatic carbocycles. The van der Waals surface area contributed by atoms with Crippen molar-refractivity contribution in [2.45, 2.75) is 36.5 Å². The van der Waals surface area contributed by atoms with Crippen LogP contribution in [0.25, 0.3) is 5.57 Å². The van der Waals surface area contributed by atoms with Crippen molar-refractivity contribution in [2.75, 3.05) is 13.2 Å². The third-order valence-electron chi connectivity index (χ3n) is 4.86. The Morgan fingerprint density at radius 1 is 1.16 bits per heavy atom. The van der Waals surface area contributed by atoms with Gasteiger partial charge in [0.05, 0.1) is 6.54 Å². The minimum absolute atomic E-state index is 0.00595. The molecule has 0 aromatic heterocycles. The second-order valence-electron chi connectivity index (χ2n) is 7.51. The number of ether oxygens (including phenoxy) is 1. The molecule has 0 bridgehead atoms. The van der Waals surface area contributed by atoms with Crippen molar-refractivity contribution in [1.29, 1.82) is 5.26 Å². The van der Waals surface area contributed by atoms with Crippen LogP contribution in [-0.2, 0) is 14.3 Å². The van der Waals surface area contributed by atoms with Gasteiger partial charge >= 0.3 is 5.97 Å². The maximum absolute atomic E-state index is 12.9. The molecule has 158 valence electrons. The van der Waals surface area contributed by atoms with Crippen molar-refractivity contribution in [2.24, 2.45) is 0 Å². The van der Waals surface area contributed by atoms with Gasteiger partial charge in [-0.15, -0.1) is 0 Å². The summed E-state index contributed by atoms with van der Waals surface area (Å²) in [7, 11) is 0. The number of nitriles is 1. The lowest BCUT2D eigenvalue weighted by atomic mass is 9.89. The number of hydrogen-bond acceptors (Lipinski definition) is 5. The van der Waals surface area contributed by atoms with Gasteiger partial charge < -0.3 is 10.1 Å². The fourth-order valence-electron chi connectivity index (χ4n) is 3.35. The first-order valence-electron chi connectivity index (χ1n) is 10.0. The number of nitrogens with zero attached hydrogens (tertiary/aromatic N) is 1. The van der Waals surface area contributed by atoms with Crippen molar-refractivity contribution >= 4 is 29.2 Å². The van der Waals surface area contributed by atoms with Crippen LogP contribution in [0.4, 0.5) is 0 Å². The Balaban J connectivity index is 2.00. The second-order valence-corrected chi connectivity index (χ2v) is 8.56. The van der Waals surface area contributed by atoms with Crippen LogP contribution in [0.15, 0.2) is 70.0 Å². The molecule has 1 N–H and O–H groups in total. The summed E-state index contributed by atoms with van der Waals surface area (Å²) in [5, 5.41) is 12.6. The molecule has 0 saturated heterocycles. The quantitative estimate of drug-likeness (QED) is 0.261. The first-order valence-corrected chi connectivity index (χ1v) is 10.8. The number of fused-ring (bicyclic) bond motifs is 2. The molecule has 3 rings (SSSR count). The molecule has 0 saturated carbocycles. The Bertz CT molecular complexity index is 1130. The summed E-state index contributed by atoms with van der Waals surface area (Å²) in [6.45, 7) is 9.44. The number of rotatable bonds is 6. The van der Waals surface area contributed by atoms with Crippen molar-refractivity contribution in [3.05, 3.63) is 76.9 Å². The summed E-state index contributed by atoms with van der Waals surface area (Å²) in [5.74, 6) is -0.704. The number of benzene rings is 2. The van der Waals surface area contributed by atoms with Gasteiger partial charge in [0, 0.05) is 20.9 Å². The normalized spacial score (nSPS) is 13.5. The van der Waals surface area contributed by atoms with Crippen LogP contribution < -0.4 is 5.32 Å². The molecule has 1 aliphatic rings. The van der Waals surface area contributed by atoms with Gasteiger partial charge in [-0.25, -0.2) is 4.79 Å². The Morgan fingerprint density at radius 2 is 1.87 bits per heavy atom. The Hall–Kier alpha value is -3.30. The minimum atomic E-state index is -0.513. The summed E-state index contributed by atoms with van der Waals surface area (Å²) in [6.07, 6.45) is 0. The highest BCUT2D eigenvalue weighted by Gasteiger charge is 2.28. The lowest BCUT2D eigenvalue weighted by Crippen LogP contribution is -2.30. The van der Waals surface area contributed by atoms with Gasteiger partial charge in [-0.05, 0) is 35.6 Å². The van der Waals surface area contributed by atoms with Gasteiger partial charge in [0.2, 0.25) is 0 Å². The average Bonchev–Trinajstić information content (AvgIpc) is 2.75. The zero-order chi connectivity index (χ0) is 22.5. The predicted molar refractivity (Wildman–Crippen MR) is 122 cm³/mol. The van der Waals surface area contributed by atoms with Crippen LogP contribution in [0.3, 0.4) is 0 Å². The van der Waals surface area contributed by atoms with Crippen LogP contribution in [0.5, 0.6) is 0 Å². The number of carbonyl (C=O) groups is 2. The summed E-state index contributed by atoms with van der Waals surface area (Å²) < 4.78 is 5.01. The largest absolute Gasteiger partial charge is 0.460 e. The highest BCUT2D eigenvalue weighted by molar-refractivity contribution is 7.99. The van der Waals surface area contributed by atoms with Crippen LogP contribution in [0.1, 0.15) is 43.4 Å². The molecule has 0 atom stereocenters. The zero-order valence-corrected chi connectivity index (χ0v) is 18.6. The van der Waals surface area contributed by atoms with E-state index in [1.54, 1.807) is 18.7 Å². The lowest BCUT2D eigenvalue weighted by Gasteiger charge is -2.26. The van der Waals surface area contributed by atoms with Crippen molar-refractivity contribution < 1.29 is 14.3 Å². The van der Waals surface area contributed by atoms with Crippen molar-refractivity contribution in [3.8, 4) is 6.07 Å². The molecule has 31 heavy (non-hydrogen) atoms. The SMILES string of the molecule is C=C(C)C(=O)OCCNC(=O)/C(C#N)=C1\c2ccccc2Sc2c1cccc2C(C)C. The summed E-state index contributed by atoms with van der Waals surface area (Å²) >= 11 is 1.67. The van der Waals surface area contributed by atoms with Crippen LogP contribution in [-0.4, -0.2) is 25.0 Å².